The fourth-order valence-corrected chi connectivity index (χ4v) is 2.75. The Hall–Kier alpha value is -1.26. The van der Waals surface area contributed by atoms with Gasteiger partial charge in [0.05, 0.1) is 7.11 Å². The van der Waals surface area contributed by atoms with Gasteiger partial charge >= 0.3 is 0 Å². The molecule has 2 atom stereocenters. The molecular weight excluding hydrogens is 288 g/mol. The van der Waals surface area contributed by atoms with E-state index in [4.69, 9.17) is 4.74 Å². The summed E-state index contributed by atoms with van der Waals surface area (Å²) in [6.45, 7) is 5.65. The number of nitrogens with one attached hydrogen (secondary N) is 2. The number of carbonyl (C=O) groups is 1. The number of ether oxygens (including phenoxy) is 1. The Morgan fingerprint density at radius 3 is 2.86 bits per heavy atom. The Morgan fingerprint density at radius 1 is 1.43 bits per heavy atom. The summed E-state index contributed by atoms with van der Waals surface area (Å²) in [5.41, 5.74) is 2.22. The van der Waals surface area contributed by atoms with Crippen LogP contribution >= 0.6 is 12.4 Å². The van der Waals surface area contributed by atoms with Crippen molar-refractivity contribution >= 4 is 18.3 Å². The highest BCUT2D eigenvalue weighted by atomic mass is 35.5. The molecule has 5 heteroatoms. The largest absolute Gasteiger partial charge is 0.497 e. The molecule has 1 amide bonds. The van der Waals surface area contributed by atoms with Crippen LogP contribution in [0.15, 0.2) is 18.2 Å². The molecule has 1 heterocycles. The van der Waals surface area contributed by atoms with Gasteiger partial charge in [-0.15, -0.1) is 12.4 Å². The molecule has 1 aromatic rings. The Labute approximate surface area is 133 Å². The zero-order valence-corrected chi connectivity index (χ0v) is 13.8. The van der Waals surface area contributed by atoms with E-state index in [1.807, 2.05) is 19.1 Å². The minimum Gasteiger partial charge on any atom is -0.497 e. The molecule has 1 fully saturated rings. The summed E-state index contributed by atoms with van der Waals surface area (Å²) in [6.07, 6.45) is 1.84. The number of amides is 1. The number of carbonyl (C=O) groups excluding carboxylic acids is 1. The van der Waals surface area contributed by atoms with E-state index in [0.29, 0.717) is 12.6 Å². The number of hydrogen-bond donors (Lipinski definition) is 2. The van der Waals surface area contributed by atoms with Crippen LogP contribution in [0, 0.1) is 12.8 Å². The first-order valence-electron chi connectivity index (χ1n) is 7.24. The predicted octanol–water partition coefficient (Wildman–Crippen LogP) is 2.43. The van der Waals surface area contributed by atoms with Gasteiger partial charge in [0, 0.05) is 18.5 Å². The van der Waals surface area contributed by atoms with E-state index >= 15 is 0 Å². The summed E-state index contributed by atoms with van der Waals surface area (Å²) in [7, 11) is 1.66. The second-order valence-corrected chi connectivity index (χ2v) is 5.65. The smallest absolute Gasteiger partial charge is 0.223 e. The van der Waals surface area contributed by atoms with Gasteiger partial charge in [0.15, 0.2) is 0 Å². The average molecular weight is 313 g/mol. The molecule has 2 N–H and O–H groups in total. The molecule has 0 bridgehead atoms. The Morgan fingerprint density at radius 2 is 2.19 bits per heavy atom. The summed E-state index contributed by atoms with van der Waals surface area (Å²) < 4.78 is 5.25. The molecule has 4 nitrogen and oxygen atoms in total. The van der Waals surface area contributed by atoms with Crippen LogP contribution < -0.4 is 15.4 Å². The van der Waals surface area contributed by atoms with E-state index in [0.717, 1.165) is 36.3 Å². The molecule has 2 rings (SSSR count). The van der Waals surface area contributed by atoms with E-state index in [2.05, 4.69) is 23.6 Å². The highest BCUT2D eigenvalue weighted by Gasteiger charge is 2.24. The van der Waals surface area contributed by atoms with Crippen molar-refractivity contribution in [3.05, 3.63) is 29.3 Å². The second kappa shape index (κ2) is 8.25. The molecule has 0 aromatic heterocycles. The van der Waals surface area contributed by atoms with Crippen molar-refractivity contribution in [2.75, 3.05) is 13.7 Å². The van der Waals surface area contributed by atoms with Crippen molar-refractivity contribution in [3.8, 4) is 5.75 Å². The fourth-order valence-electron chi connectivity index (χ4n) is 2.75. The Bertz CT molecular complexity index is 479. The topological polar surface area (TPSA) is 50.4 Å². The number of methoxy groups -OCH3 is 1. The Balaban J connectivity index is 0.00000220. The SMILES string of the molecule is COc1cc(C)cc(CNC(=O)[C@H]2CCN[C@@H](C)C2)c1.Cl. The van der Waals surface area contributed by atoms with Crippen LogP contribution in [-0.2, 0) is 11.3 Å². The van der Waals surface area contributed by atoms with Gasteiger partial charge in [-0.3, -0.25) is 4.79 Å². The minimum absolute atomic E-state index is 0. The van der Waals surface area contributed by atoms with Crippen molar-refractivity contribution in [1.29, 1.82) is 0 Å². The quantitative estimate of drug-likeness (QED) is 0.898. The highest BCUT2D eigenvalue weighted by molar-refractivity contribution is 5.85. The summed E-state index contributed by atoms with van der Waals surface area (Å²) in [6, 6.07) is 6.46. The van der Waals surface area contributed by atoms with Crippen molar-refractivity contribution in [2.24, 2.45) is 5.92 Å². The molecule has 21 heavy (non-hydrogen) atoms. The van der Waals surface area contributed by atoms with E-state index < -0.39 is 0 Å². The van der Waals surface area contributed by atoms with Crippen LogP contribution in [0.1, 0.15) is 30.9 Å². The minimum atomic E-state index is 0. The lowest BCUT2D eigenvalue weighted by atomic mass is 9.92. The first-order valence-corrected chi connectivity index (χ1v) is 7.24. The molecule has 0 spiro atoms. The molecule has 1 aliphatic rings. The van der Waals surface area contributed by atoms with Crippen LogP contribution in [0.25, 0.3) is 0 Å². The molecular formula is C16H25ClN2O2. The lowest BCUT2D eigenvalue weighted by Gasteiger charge is -2.27. The fraction of sp³-hybridized carbons (Fsp3) is 0.562. The average Bonchev–Trinajstić information content (AvgIpc) is 2.44. The van der Waals surface area contributed by atoms with Gasteiger partial charge in [0.1, 0.15) is 5.75 Å². The number of hydrogen-bond acceptors (Lipinski definition) is 3. The van der Waals surface area contributed by atoms with Crippen LogP contribution in [0.2, 0.25) is 0 Å². The lowest BCUT2D eigenvalue weighted by molar-refractivity contribution is -0.126. The zero-order valence-electron chi connectivity index (χ0n) is 12.9. The van der Waals surface area contributed by atoms with Crippen LogP contribution in [-0.4, -0.2) is 25.6 Å². The van der Waals surface area contributed by atoms with Crippen molar-refractivity contribution < 1.29 is 9.53 Å². The first-order chi connectivity index (χ1) is 9.58. The van der Waals surface area contributed by atoms with Crippen molar-refractivity contribution in [2.45, 2.75) is 39.3 Å². The monoisotopic (exact) mass is 312 g/mol. The van der Waals surface area contributed by atoms with E-state index in [9.17, 15) is 4.79 Å². The molecule has 0 saturated carbocycles. The highest BCUT2D eigenvalue weighted by Crippen LogP contribution is 2.18. The van der Waals surface area contributed by atoms with E-state index in [1.54, 1.807) is 7.11 Å². The summed E-state index contributed by atoms with van der Waals surface area (Å²) in [4.78, 5) is 12.2. The summed E-state index contributed by atoms with van der Waals surface area (Å²) in [5, 5.41) is 6.41. The van der Waals surface area contributed by atoms with E-state index in [-0.39, 0.29) is 24.2 Å². The van der Waals surface area contributed by atoms with Crippen LogP contribution in [0.3, 0.4) is 0 Å². The predicted molar refractivity (Wildman–Crippen MR) is 87.0 cm³/mol. The zero-order chi connectivity index (χ0) is 14.5. The first kappa shape index (κ1) is 17.8. The molecule has 1 aromatic carbocycles. The third-order valence-electron chi connectivity index (χ3n) is 3.81. The van der Waals surface area contributed by atoms with Gasteiger partial charge in [-0.1, -0.05) is 6.07 Å². The molecule has 1 saturated heterocycles. The maximum absolute atomic E-state index is 12.2. The van der Waals surface area contributed by atoms with Gasteiger partial charge < -0.3 is 15.4 Å². The number of rotatable bonds is 4. The molecule has 1 aliphatic heterocycles. The van der Waals surface area contributed by atoms with E-state index in [1.165, 1.54) is 0 Å². The molecule has 118 valence electrons. The molecule has 0 aliphatic carbocycles. The molecule has 0 unspecified atom stereocenters. The van der Waals surface area contributed by atoms with Gasteiger partial charge in [-0.25, -0.2) is 0 Å². The van der Waals surface area contributed by atoms with Crippen molar-refractivity contribution in [3.63, 3.8) is 0 Å². The Kier molecular flexibility index (Phi) is 6.99. The number of halogens is 1. The standard InChI is InChI=1S/C16H24N2O2.ClH/c1-11-6-13(9-15(7-11)20-3)10-18-16(19)14-4-5-17-12(2)8-14;/h6-7,9,12,14,17H,4-5,8,10H2,1-3H3,(H,18,19);1H/t12-,14-;/m0./s1. The molecule has 0 radical (unpaired) electrons. The number of piperidine rings is 1. The van der Waals surface area contributed by atoms with Crippen molar-refractivity contribution in [1.82, 2.24) is 10.6 Å². The lowest BCUT2D eigenvalue weighted by Crippen LogP contribution is -2.42. The van der Waals surface area contributed by atoms with Gasteiger partial charge in [0.25, 0.3) is 0 Å². The van der Waals surface area contributed by atoms with Gasteiger partial charge in [-0.05, 0) is 56.5 Å². The third kappa shape index (κ3) is 5.21. The summed E-state index contributed by atoms with van der Waals surface area (Å²) >= 11 is 0. The maximum Gasteiger partial charge on any atom is 0.223 e. The van der Waals surface area contributed by atoms with Gasteiger partial charge in [-0.2, -0.15) is 0 Å². The maximum atomic E-state index is 12.2. The normalized spacial score (nSPS) is 21.3. The van der Waals surface area contributed by atoms with Crippen LogP contribution in [0.4, 0.5) is 0 Å². The summed E-state index contributed by atoms with van der Waals surface area (Å²) in [5.74, 6) is 1.14. The number of benzene rings is 1. The third-order valence-corrected chi connectivity index (χ3v) is 3.81. The number of aryl methyl sites for hydroxylation is 1. The van der Waals surface area contributed by atoms with Gasteiger partial charge in [0.2, 0.25) is 5.91 Å². The van der Waals surface area contributed by atoms with Crippen LogP contribution in [0.5, 0.6) is 5.75 Å². The second-order valence-electron chi connectivity index (χ2n) is 5.65.